The molecule has 122 valence electrons. The smallest absolute Gasteiger partial charge is 0.287 e. The topological polar surface area (TPSA) is 45.5 Å². The summed E-state index contributed by atoms with van der Waals surface area (Å²) in [6, 6.07) is 9.89. The standard InChI is InChI=1S/C18H21FN2O2/c19-15-5-3-14(4-6-15)9-10-20-18(22)17-8-7-16(23-17)13-21-11-1-2-12-21/h3-8H,1-2,9-13H2,(H,20,22). The van der Waals surface area contributed by atoms with Gasteiger partial charge in [-0.3, -0.25) is 9.69 Å². The second-order valence-corrected chi connectivity index (χ2v) is 5.88. The quantitative estimate of drug-likeness (QED) is 0.891. The zero-order chi connectivity index (χ0) is 16.1. The van der Waals surface area contributed by atoms with Crippen molar-refractivity contribution in [2.24, 2.45) is 0 Å². The highest BCUT2D eigenvalue weighted by Crippen LogP contribution is 2.15. The van der Waals surface area contributed by atoms with Gasteiger partial charge in [-0.15, -0.1) is 0 Å². The Morgan fingerprint density at radius 2 is 1.87 bits per heavy atom. The lowest BCUT2D eigenvalue weighted by atomic mass is 10.1. The van der Waals surface area contributed by atoms with Crippen LogP contribution in [0.25, 0.3) is 0 Å². The molecule has 0 aliphatic carbocycles. The van der Waals surface area contributed by atoms with Gasteiger partial charge >= 0.3 is 0 Å². The van der Waals surface area contributed by atoms with Crippen LogP contribution in [0.2, 0.25) is 0 Å². The molecule has 5 heteroatoms. The van der Waals surface area contributed by atoms with E-state index in [1.807, 2.05) is 6.07 Å². The molecule has 1 saturated heterocycles. The molecular weight excluding hydrogens is 295 g/mol. The van der Waals surface area contributed by atoms with Gasteiger partial charge in [-0.25, -0.2) is 4.39 Å². The third-order valence-corrected chi connectivity index (χ3v) is 4.08. The molecule has 1 amide bonds. The number of rotatable bonds is 6. The Bertz CT molecular complexity index is 645. The maximum Gasteiger partial charge on any atom is 0.287 e. The van der Waals surface area contributed by atoms with Gasteiger partial charge in [0.05, 0.1) is 6.54 Å². The van der Waals surface area contributed by atoms with Crippen LogP contribution < -0.4 is 5.32 Å². The number of likely N-dealkylation sites (tertiary alicyclic amines) is 1. The molecule has 1 aromatic carbocycles. The first-order valence-electron chi connectivity index (χ1n) is 8.04. The first kappa shape index (κ1) is 15.7. The fourth-order valence-electron chi connectivity index (χ4n) is 2.80. The van der Waals surface area contributed by atoms with Crippen molar-refractivity contribution < 1.29 is 13.6 Å². The molecule has 0 atom stereocenters. The van der Waals surface area contributed by atoms with E-state index in [0.29, 0.717) is 18.7 Å². The lowest BCUT2D eigenvalue weighted by Gasteiger charge is -2.11. The summed E-state index contributed by atoms with van der Waals surface area (Å²) in [6.45, 7) is 3.45. The lowest BCUT2D eigenvalue weighted by molar-refractivity contribution is 0.0923. The summed E-state index contributed by atoms with van der Waals surface area (Å²) in [4.78, 5) is 14.4. The molecular formula is C18H21FN2O2. The summed E-state index contributed by atoms with van der Waals surface area (Å²) >= 11 is 0. The number of carbonyl (C=O) groups excluding carboxylic acids is 1. The third-order valence-electron chi connectivity index (χ3n) is 4.08. The number of benzene rings is 1. The highest BCUT2D eigenvalue weighted by Gasteiger charge is 2.15. The first-order valence-corrected chi connectivity index (χ1v) is 8.04. The van der Waals surface area contributed by atoms with Crippen LogP contribution in [-0.4, -0.2) is 30.4 Å². The highest BCUT2D eigenvalue weighted by atomic mass is 19.1. The van der Waals surface area contributed by atoms with Crippen LogP contribution in [0.15, 0.2) is 40.8 Å². The summed E-state index contributed by atoms with van der Waals surface area (Å²) in [6.07, 6.45) is 3.13. The van der Waals surface area contributed by atoms with Crippen molar-refractivity contribution in [2.45, 2.75) is 25.8 Å². The van der Waals surface area contributed by atoms with Gasteiger partial charge < -0.3 is 9.73 Å². The maximum atomic E-state index is 12.8. The van der Waals surface area contributed by atoms with Gasteiger partial charge in [-0.2, -0.15) is 0 Å². The van der Waals surface area contributed by atoms with Gasteiger partial charge in [0, 0.05) is 6.54 Å². The van der Waals surface area contributed by atoms with E-state index >= 15 is 0 Å². The zero-order valence-corrected chi connectivity index (χ0v) is 13.1. The SMILES string of the molecule is O=C(NCCc1ccc(F)cc1)c1ccc(CN2CCCC2)o1. The molecule has 0 radical (unpaired) electrons. The van der Waals surface area contributed by atoms with Gasteiger partial charge in [-0.1, -0.05) is 12.1 Å². The molecule has 4 nitrogen and oxygen atoms in total. The molecule has 1 N–H and O–H groups in total. The summed E-state index contributed by atoms with van der Waals surface area (Å²) < 4.78 is 18.4. The van der Waals surface area contributed by atoms with Crippen molar-refractivity contribution in [3.05, 3.63) is 59.3 Å². The van der Waals surface area contributed by atoms with Crippen LogP contribution >= 0.6 is 0 Å². The van der Waals surface area contributed by atoms with E-state index in [-0.39, 0.29) is 11.7 Å². The first-order chi connectivity index (χ1) is 11.2. The van der Waals surface area contributed by atoms with Crippen LogP contribution in [0.3, 0.4) is 0 Å². The third kappa shape index (κ3) is 4.42. The van der Waals surface area contributed by atoms with Crippen molar-refractivity contribution in [3.63, 3.8) is 0 Å². The number of hydrogen-bond acceptors (Lipinski definition) is 3. The van der Waals surface area contributed by atoms with E-state index in [2.05, 4.69) is 10.2 Å². The number of amides is 1. The molecule has 0 bridgehead atoms. The zero-order valence-electron chi connectivity index (χ0n) is 13.1. The number of nitrogens with one attached hydrogen (secondary N) is 1. The molecule has 2 heterocycles. The predicted molar refractivity (Wildman–Crippen MR) is 85.7 cm³/mol. The van der Waals surface area contributed by atoms with E-state index in [9.17, 15) is 9.18 Å². The molecule has 0 saturated carbocycles. The minimum atomic E-state index is -0.251. The van der Waals surface area contributed by atoms with E-state index in [1.54, 1.807) is 18.2 Å². The average molecular weight is 316 g/mol. The van der Waals surface area contributed by atoms with Crippen LogP contribution in [0, 0.1) is 5.82 Å². The van der Waals surface area contributed by atoms with Crippen LogP contribution in [0.4, 0.5) is 4.39 Å². The molecule has 1 aromatic heterocycles. The molecule has 23 heavy (non-hydrogen) atoms. The normalized spacial score (nSPS) is 15.0. The Morgan fingerprint density at radius 3 is 2.61 bits per heavy atom. The van der Waals surface area contributed by atoms with E-state index < -0.39 is 0 Å². The van der Waals surface area contributed by atoms with Gasteiger partial charge in [-0.05, 0) is 62.2 Å². The van der Waals surface area contributed by atoms with Crippen LogP contribution in [0.5, 0.6) is 0 Å². The highest BCUT2D eigenvalue weighted by molar-refractivity contribution is 5.91. The summed E-state index contributed by atoms with van der Waals surface area (Å²) in [5.41, 5.74) is 0.987. The van der Waals surface area contributed by atoms with Crippen molar-refractivity contribution in [1.29, 1.82) is 0 Å². The maximum absolute atomic E-state index is 12.8. The van der Waals surface area contributed by atoms with Crippen molar-refractivity contribution in [3.8, 4) is 0 Å². The van der Waals surface area contributed by atoms with Crippen molar-refractivity contribution in [2.75, 3.05) is 19.6 Å². The molecule has 1 fully saturated rings. The Kier molecular flexibility index (Phi) is 5.08. The molecule has 0 unspecified atom stereocenters. The Morgan fingerprint density at radius 1 is 1.13 bits per heavy atom. The van der Waals surface area contributed by atoms with Crippen LogP contribution in [0.1, 0.15) is 34.7 Å². The van der Waals surface area contributed by atoms with Crippen molar-refractivity contribution >= 4 is 5.91 Å². The Hall–Kier alpha value is -2.14. The Balaban J connectivity index is 1.46. The average Bonchev–Trinajstić information content (AvgIpc) is 3.21. The largest absolute Gasteiger partial charge is 0.455 e. The molecule has 3 rings (SSSR count). The second kappa shape index (κ2) is 7.42. The molecule has 1 aliphatic heterocycles. The van der Waals surface area contributed by atoms with Crippen LogP contribution in [-0.2, 0) is 13.0 Å². The minimum absolute atomic E-state index is 0.209. The Labute approximate surface area is 135 Å². The summed E-state index contributed by atoms with van der Waals surface area (Å²) in [5, 5.41) is 2.83. The minimum Gasteiger partial charge on any atom is -0.455 e. The molecule has 0 spiro atoms. The van der Waals surface area contributed by atoms with E-state index in [0.717, 1.165) is 31.0 Å². The summed E-state index contributed by atoms with van der Waals surface area (Å²) in [7, 11) is 0. The number of nitrogens with zero attached hydrogens (tertiary/aromatic N) is 1. The van der Waals surface area contributed by atoms with Gasteiger partial charge in [0.2, 0.25) is 0 Å². The second-order valence-electron chi connectivity index (χ2n) is 5.88. The van der Waals surface area contributed by atoms with Crippen molar-refractivity contribution in [1.82, 2.24) is 10.2 Å². The molecule has 2 aromatic rings. The van der Waals surface area contributed by atoms with E-state index in [4.69, 9.17) is 4.42 Å². The number of halogens is 1. The monoisotopic (exact) mass is 316 g/mol. The summed E-state index contributed by atoms with van der Waals surface area (Å²) in [5.74, 6) is 0.715. The number of furan rings is 1. The molecule has 1 aliphatic rings. The fourth-order valence-corrected chi connectivity index (χ4v) is 2.80. The fraction of sp³-hybridized carbons (Fsp3) is 0.389. The van der Waals surface area contributed by atoms with Gasteiger partial charge in [0.25, 0.3) is 5.91 Å². The number of carbonyl (C=O) groups is 1. The van der Waals surface area contributed by atoms with E-state index in [1.165, 1.54) is 25.0 Å². The number of hydrogen-bond donors (Lipinski definition) is 1. The lowest BCUT2D eigenvalue weighted by Crippen LogP contribution is -2.25. The van der Waals surface area contributed by atoms with Gasteiger partial charge in [0.15, 0.2) is 5.76 Å². The van der Waals surface area contributed by atoms with Gasteiger partial charge in [0.1, 0.15) is 11.6 Å². The predicted octanol–water partition coefficient (Wildman–Crippen LogP) is 2.99.